The lowest BCUT2D eigenvalue weighted by Crippen LogP contribution is -2.59. The monoisotopic (exact) mass is 408 g/mol. The van der Waals surface area contributed by atoms with E-state index >= 15 is 0 Å². The Balaban J connectivity index is 1.10. The second kappa shape index (κ2) is 7.52. The van der Waals surface area contributed by atoms with Crippen molar-refractivity contribution < 1.29 is 9.53 Å². The quantitative estimate of drug-likeness (QED) is 0.698. The number of nitrogens with zero attached hydrogens (tertiary/aromatic N) is 5. The van der Waals surface area contributed by atoms with Gasteiger partial charge in [-0.25, -0.2) is 9.97 Å². The Labute approximate surface area is 175 Å². The maximum absolute atomic E-state index is 12.2. The Morgan fingerprint density at radius 2 is 2.10 bits per heavy atom. The lowest BCUT2D eigenvalue weighted by atomic mass is 9.80. The third kappa shape index (κ3) is 3.61. The number of nitrogens with one attached hydrogen (secondary N) is 1. The maximum Gasteiger partial charge on any atom is 0.287 e. The van der Waals surface area contributed by atoms with E-state index in [1.54, 1.807) is 17.0 Å². The van der Waals surface area contributed by atoms with Gasteiger partial charge in [0.1, 0.15) is 5.65 Å². The van der Waals surface area contributed by atoms with Gasteiger partial charge in [0.15, 0.2) is 5.82 Å². The van der Waals surface area contributed by atoms with E-state index in [2.05, 4.69) is 49.8 Å². The van der Waals surface area contributed by atoms with Crippen molar-refractivity contribution in [1.82, 2.24) is 29.2 Å². The van der Waals surface area contributed by atoms with Crippen LogP contribution in [-0.2, 0) is 18.3 Å². The highest BCUT2D eigenvalue weighted by atomic mass is 16.5. The van der Waals surface area contributed by atoms with Gasteiger partial charge in [0.05, 0.1) is 23.6 Å². The molecule has 1 N–H and O–H groups in total. The number of piperidine rings is 1. The number of pyridine rings is 1. The van der Waals surface area contributed by atoms with Crippen LogP contribution in [0.25, 0.3) is 5.65 Å². The number of fused-ring (bicyclic) bond motifs is 1. The number of ether oxygens (including phenoxy) is 1. The Bertz CT molecular complexity index is 1050. The minimum Gasteiger partial charge on any atom is -0.370 e. The van der Waals surface area contributed by atoms with Crippen LogP contribution < -0.4 is 5.32 Å². The molecule has 0 bridgehead atoms. The lowest BCUT2D eigenvalue weighted by Gasteiger charge is -2.52. The van der Waals surface area contributed by atoms with Crippen molar-refractivity contribution in [2.75, 3.05) is 19.6 Å². The molecule has 5 rings (SSSR count). The number of likely N-dealkylation sites (tertiary alicyclic amines) is 1. The third-order valence-corrected chi connectivity index (χ3v) is 6.41. The van der Waals surface area contributed by atoms with Crippen molar-refractivity contribution in [2.24, 2.45) is 7.05 Å². The molecular weight excluding hydrogens is 380 g/mol. The predicted molar refractivity (Wildman–Crippen MR) is 112 cm³/mol. The molecule has 8 nitrogen and oxygen atoms in total. The first-order valence-corrected chi connectivity index (χ1v) is 10.6. The molecule has 158 valence electrons. The van der Waals surface area contributed by atoms with Crippen molar-refractivity contribution in [2.45, 2.75) is 44.4 Å². The molecule has 0 aromatic carbocycles. The van der Waals surface area contributed by atoms with Crippen LogP contribution in [0.5, 0.6) is 0 Å². The Hall–Kier alpha value is -2.71. The van der Waals surface area contributed by atoms with Crippen molar-refractivity contribution in [3.63, 3.8) is 0 Å². The molecule has 2 aliphatic heterocycles. The highest BCUT2D eigenvalue weighted by Gasteiger charge is 2.47. The average Bonchev–Trinajstić information content (AvgIpc) is 3.32. The number of hydrogen-bond donors (Lipinski definition) is 1. The number of rotatable bonds is 5. The first-order valence-electron chi connectivity index (χ1n) is 10.6. The molecule has 30 heavy (non-hydrogen) atoms. The molecule has 2 saturated heterocycles. The largest absolute Gasteiger partial charge is 0.370 e. The molecule has 3 aromatic heterocycles. The number of aryl methyl sites for hydroxylation is 2. The fourth-order valence-corrected chi connectivity index (χ4v) is 4.67. The molecule has 5 heterocycles. The average molecular weight is 409 g/mol. The summed E-state index contributed by atoms with van der Waals surface area (Å²) >= 11 is 0. The van der Waals surface area contributed by atoms with Gasteiger partial charge in [-0.3, -0.25) is 9.69 Å². The molecule has 0 saturated carbocycles. The summed E-state index contributed by atoms with van der Waals surface area (Å²) in [5.41, 5.74) is 3.46. The molecule has 1 spiro atoms. The Morgan fingerprint density at radius 3 is 2.83 bits per heavy atom. The number of carbonyl (C=O) groups is 1. The van der Waals surface area contributed by atoms with Gasteiger partial charge in [-0.2, -0.15) is 0 Å². The molecule has 2 aliphatic rings. The maximum atomic E-state index is 12.2. The van der Waals surface area contributed by atoms with Crippen LogP contribution in [0.15, 0.2) is 36.9 Å². The second-order valence-electron chi connectivity index (χ2n) is 8.66. The molecule has 1 amide bonds. The minimum atomic E-state index is -0.148. The van der Waals surface area contributed by atoms with E-state index in [4.69, 9.17) is 4.74 Å². The highest BCUT2D eigenvalue weighted by molar-refractivity contribution is 5.90. The zero-order valence-corrected chi connectivity index (χ0v) is 17.5. The summed E-state index contributed by atoms with van der Waals surface area (Å²) in [6.07, 6.45) is 10.7. The van der Waals surface area contributed by atoms with E-state index in [0.717, 1.165) is 44.5 Å². The van der Waals surface area contributed by atoms with E-state index in [1.165, 1.54) is 11.3 Å². The van der Waals surface area contributed by atoms with Crippen LogP contribution in [0.1, 0.15) is 41.1 Å². The number of hydrogen-bond acceptors (Lipinski definition) is 5. The van der Waals surface area contributed by atoms with Crippen molar-refractivity contribution >= 4 is 11.6 Å². The topological polar surface area (TPSA) is 76.7 Å². The van der Waals surface area contributed by atoms with E-state index in [1.807, 2.05) is 13.2 Å². The summed E-state index contributed by atoms with van der Waals surface area (Å²) in [6.45, 7) is 5.59. The van der Waals surface area contributed by atoms with Crippen LogP contribution in [0, 0.1) is 6.92 Å². The molecule has 0 radical (unpaired) electrons. The number of carbonyl (C=O) groups excluding carboxylic acids is 1. The summed E-state index contributed by atoms with van der Waals surface area (Å²) < 4.78 is 10.2. The zero-order valence-electron chi connectivity index (χ0n) is 17.5. The van der Waals surface area contributed by atoms with Gasteiger partial charge in [0, 0.05) is 58.2 Å². The third-order valence-electron chi connectivity index (χ3n) is 6.41. The Morgan fingerprint density at radius 1 is 1.30 bits per heavy atom. The summed E-state index contributed by atoms with van der Waals surface area (Å²) in [4.78, 5) is 23.3. The Kier molecular flexibility index (Phi) is 4.83. The normalized spacial score (nSPS) is 21.1. The number of amides is 1. The lowest BCUT2D eigenvalue weighted by molar-refractivity contribution is -0.222. The molecular formula is C22H28N6O2. The molecule has 0 unspecified atom stereocenters. The van der Waals surface area contributed by atoms with Crippen molar-refractivity contribution in [1.29, 1.82) is 0 Å². The summed E-state index contributed by atoms with van der Waals surface area (Å²) in [7, 11) is 1.82. The zero-order chi connectivity index (χ0) is 20.7. The van der Waals surface area contributed by atoms with Crippen LogP contribution in [-0.4, -0.2) is 61.1 Å². The van der Waals surface area contributed by atoms with Gasteiger partial charge in [-0.1, -0.05) is 6.07 Å². The standard InChI is InChI=1S/C22H28N6O2/c1-16-3-4-19-24-12-17(28(19)14-16)15-27-8-5-22(6-9-27)11-18(30-22)13-25-21(29)20-23-7-10-26(20)2/h3-4,7,10,12,14,18H,5-6,8-9,11,13,15H2,1-2H3,(H,25,29)/t18-/m0/s1. The summed E-state index contributed by atoms with van der Waals surface area (Å²) in [5, 5.41) is 2.94. The van der Waals surface area contributed by atoms with Gasteiger partial charge in [0.2, 0.25) is 0 Å². The SMILES string of the molecule is Cc1ccc2ncc(CN3CCC4(CC3)C[C@@H](CNC(=O)c3nccn3C)O4)n2c1. The van der Waals surface area contributed by atoms with E-state index < -0.39 is 0 Å². The molecule has 8 heteroatoms. The van der Waals surface area contributed by atoms with Crippen LogP contribution in [0.3, 0.4) is 0 Å². The van der Waals surface area contributed by atoms with Crippen molar-refractivity contribution in [3.05, 3.63) is 54.0 Å². The van der Waals surface area contributed by atoms with Gasteiger partial charge in [-0.15, -0.1) is 0 Å². The first-order chi connectivity index (χ1) is 14.5. The number of imidazole rings is 2. The van der Waals surface area contributed by atoms with E-state index in [0.29, 0.717) is 12.4 Å². The van der Waals surface area contributed by atoms with Crippen molar-refractivity contribution in [3.8, 4) is 0 Å². The second-order valence-corrected chi connectivity index (χ2v) is 8.66. The van der Waals surface area contributed by atoms with Gasteiger partial charge in [0.25, 0.3) is 5.91 Å². The van der Waals surface area contributed by atoms with E-state index in [9.17, 15) is 4.79 Å². The molecule has 1 atom stereocenters. The highest BCUT2D eigenvalue weighted by Crippen LogP contribution is 2.41. The van der Waals surface area contributed by atoms with E-state index in [-0.39, 0.29) is 17.6 Å². The minimum absolute atomic E-state index is 0.00874. The first kappa shape index (κ1) is 19.3. The van der Waals surface area contributed by atoms with Gasteiger partial charge in [-0.05, 0) is 31.4 Å². The molecule has 0 aliphatic carbocycles. The van der Waals surface area contributed by atoms with Crippen LogP contribution in [0.2, 0.25) is 0 Å². The summed E-state index contributed by atoms with van der Waals surface area (Å²) in [5.74, 6) is 0.282. The van der Waals surface area contributed by atoms with Crippen LogP contribution >= 0.6 is 0 Å². The van der Waals surface area contributed by atoms with Crippen LogP contribution in [0.4, 0.5) is 0 Å². The van der Waals surface area contributed by atoms with Gasteiger partial charge >= 0.3 is 0 Å². The molecule has 2 fully saturated rings. The predicted octanol–water partition coefficient (Wildman–Crippen LogP) is 1.93. The fraction of sp³-hybridized carbons (Fsp3) is 0.500. The molecule has 3 aromatic rings. The fourth-order valence-electron chi connectivity index (χ4n) is 4.67. The smallest absolute Gasteiger partial charge is 0.287 e. The summed E-state index contributed by atoms with van der Waals surface area (Å²) in [6, 6.07) is 4.17. The van der Waals surface area contributed by atoms with Gasteiger partial charge < -0.3 is 19.0 Å². The number of aromatic nitrogens is 4.